The van der Waals surface area contributed by atoms with Gasteiger partial charge in [0.1, 0.15) is 11.6 Å². The summed E-state index contributed by atoms with van der Waals surface area (Å²) in [6.07, 6.45) is -0.0744. The first kappa shape index (κ1) is 15.4. The number of aliphatic carboxylic acids is 1. The predicted octanol–water partition coefficient (Wildman–Crippen LogP) is 3.15. The molecule has 0 aliphatic carbocycles. The Bertz CT molecular complexity index is 653. The number of carbonyl (C=O) groups is 1. The summed E-state index contributed by atoms with van der Waals surface area (Å²) < 4.78 is 13.1. The fourth-order valence-electron chi connectivity index (χ4n) is 1.99. The molecule has 21 heavy (non-hydrogen) atoms. The van der Waals surface area contributed by atoms with Gasteiger partial charge < -0.3 is 5.11 Å². The van der Waals surface area contributed by atoms with Gasteiger partial charge in [-0.05, 0) is 32.0 Å². The molecule has 0 saturated heterocycles. The number of hydrogen-bond donors (Lipinski definition) is 1. The maximum absolute atomic E-state index is 13.1. The highest BCUT2D eigenvalue weighted by atomic mass is 32.2. The SMILES string of the molecule is Cc1nc(CSc2cccc(F)c2)nc(C)c1CC(=O)O. The van der Waals surface area contributed by atoms with Gasteiger partial charge in [0.2, 0.25) is 0 Å². The topological polar surface area (TPSA) is 63.1 Å². The van der Waals surface area contributed by atoms with E-state index in [1.54, 1.807) is 19.9 Å². The highest BCUT2D eigenvalue weighted by Crippen LogP contribution is 2.23. The average Bonchev–Trinajstić information content (AvgIpc) is 2.40. The number of aryl methyl sites for hydroxylation is 2. The zero-order valence-corrected chi connectivity index (χ0v) is 12.6. The molecule has 2 rings (SSSR count). The molecule has 1 N–H and O–H groups in total. The van der Waals surface area contributed by atoms with E-state index in [0.717, 1.165) is 4.90 Å². The minimum Gasteiger partial charge on any atom is -0.481 e. The van der Waals surface area contributed by atoms with Crippen molar-refractivity contribution in [2.24, 2.45) is 0 Å². The average molecular weight is 306 g/mol. The summed E-state index contributed by atoms with van der Waals surface area (Å²) >= 11 is 1.44. The second-order valence-corrected chi connectivity index (χ2v) is 5.65. The Morgan fingerprint density at radius 2 is 1.95 bits per heavy atom. The summed E-state index contributed by atoms with van der Waals surface area (Å²) in [5.74, 6) is -0.0384. The second-order valence-electron chi connectivity index (χ2n) is 4.61. The molecular formula is C15H15FN2O2S. The Balaban J connectivity index is 2.13. The maximum Gasteiger partial charge on any atom is 0.307 e. The molecule has 0 unspecified atom stereocenters. The van der Waals surface area contributed by atoms with Gasteiger partial charge in [0, 0.05) is 21.8 Å². The van der Waals surface area contributed by atoms with Crippen molar-refractivity contribution < 1.29 is 14.3 Å². The van der Waals surface area contributed by atoms with Crippen LogP contribution >= 0.6 is 11.8 Å². The lowest BCUT2D eigenvalue weighted by Gasteiger charge is -2.09. The summed E-state index contributed by atoms with van der Waals surface area (Å²) in [4.78, 5) is 20.3. The Hall–Kier alpha value is -1.95. The molecule has 6 heteroatoms. The van der Waals surface area contributed by atoms with Crippen molar-refractivity contribution in [3.63, 3.8) is 0 Å². The molecule has 2 aromatic rings. The molecule has 0 spiro atoms. The number of halogens is 1. The van der Waals surface area contributed by atoms with Crippen LogP contribution in [0.15, 0.2) is 29.2 Å². The van der Waals surface area contributed by atoms with E-state index in [9.17, 15) is 9.18 Å². The third kappa shape index (κ3) is 4.26. The normalized spacial score (nSPS) is 10.6. The monoisotopic (exact) mass is 306 g/mol. The smallest absolute Gasteiger partial charge is 0.307 e. The maximum atomic E-state index is 13.1. The molecule has 1 aromatic carbocycles. The van der Waals surface area contributed by atoms with E-state index in [1.807, 2.05) is 6.07 Å². The number of carboxylic acid groups (broad SMARTS) is 1. The van der Waals surface area contributed by atoms with Crippen molar-refractivity contribution in [1.29, 1.82) is 0 Å². The van der Waals surface area contributed by atoms with Crippen LogP contribution in [-0.4, -0.2) is 21.0 Å². The van der Waals surface area contributed by atoms with E-state index in [-0.39, 0.29) is 12.2 Å². The first-order valence-corrected chi connectivity index (χ1v) is 7.37. The second kappa shape index (κ2) is 6.67. The van der Waals surface area contributed by atoms with Gasteiger partial charge in [0.15, 0.2) is 0 Å². The van der Waals surface area contributed by atoms with Crippen molar-refractivity contribution in [2.45, 2.75) is 30.9 Å². The van der Waals surface area contributed by atoms with Crippen LogP contribution in [0.3, 0.4) is 0 Å². The predicted molar refractivity (Wildman–Crippen MR) is 78.8 cm³/mol. The highest BCUT2D eigenvalue weighted by molar-refractivity contribution is 7.98. The van der Waals surface area contributed by atoms with Crippen LogP contribution in [0.5, 0.6) is 0 Å². The molecule has 4 nitrogen and oxygen atoms in total. The summed E-state index contributed by atoms with van der Waals surface area (Å²) in [6, 6.07) is 6.34. The van der Waals surface area contributed by atoms with Gasteiger partial charge >= 0.3 is 5.97 Å². The van der Waals surface area contributed by atoms with E-state index < -0.39 is 5.97 Å². The zero-order chi connectivity index (χ0) is 15.4. The fraction of sp³-hybridized carbons (Fsp3) is 0.267. The summed E-state index contributed by atoms with van der Waals surface area (Å²) in [7, 11) is 0. The third-order valence-electron chi connectivity index (χ3n) is 2.96. The minimum atomic E-state index is -0.897. The van der Waals surface area contributed by atoms with Crippen LogP contribution in [0.4, 0.5) is 4.39 Å². The zero-order valence-electron chi connectivity index (χ0n) is 11.8. The first-order valence-electron chi connectivity index (χ1n) is 6.39. The lowest BCUT2D eigenvalue weighted by molar-refractivity contribution is -0.136. The van der Waals surface area contributed by atoms with Crippen LogP contribution in [-0.2, 0) is 17.0 Å². The number of carboxylic acids is 1. The number of thioether (sulfide) groups is 1. The van der Waals surface area contributed by atoms with Gasteiger partial charge in [0.25, 0.3) is 0 Å². The lowest BCUT2D eigenvalue weighted by Crippen LogP contribution is -2.09. The molecule has 0 bridgehead atoms. The summed E-state index contributed by atoms with van der Waals surface area (Å²) in [5.41, 5.74) is 2.02. The third-order valence-corrected chi connectivity index (χ3v) is 3.95. The van der Waals surface area contributed by atoms with Crippen molar-refractivity contribution >= 4 is 17.7 Å². The van der Waals surface area contributed by atoms with Crippen molar-refractivity contribution in [3.8, 4) is 0 Å². The largest absolute Gasteiger partial charge is 0.481 e. The molecule has 0 atom stereocenters. The fourth-order valence-corrected chi connectivity index (χ4v) is 2.78. The Morgan fingerprint density at radius 3 is 2.52 bits per heavy atom. The van der Waals surface area contributed by atoms with E-state index in [1.165, 1.54) is 23.9 Å². The van der Waals surface area contributed by atoms with Crippen molar-refractivity contribution in [2.75, 3.05) is 0 Å². The van der Waals surface area contributed by atoms with E-state index in [4.69, 9.17) is 5.11 Å². The molecule has 0 radical (unpaired) electrons. The summed E-state index contributed by atoms with van der Waals surface area (Å²) in [6.45, 7) is 3.56. The van der Waals surface area contributed by atoms with Gasteiger partial charge in [-0.2, -0.15) is 0 Å². The molecule has 0 fully saturated rings. The Morgan fingerprint density at radius 1 is 1.29 bits per heavy atom. The van der Waals surface area contributed by atoms with E-state index in [0.29, 0.717) is 28.5 Å². The molecule has 0 saturated carbocycles. The van der Waals surface area contributed by atoms with Crippen molar-refractivity contribution in [3.05, 3.63) is 52.9 Å². The van der Waals surface area contributed by atoms with Gasteiger partial charge in [-0.15, -0.1) is 11.8 Å². The molecule has 1 heterocycles. The van der Waals surface area contributed by atoms with Crippen LogP contribution in [0.25, 0.3) is 0 Å². The molecule has 1 aromatic heterocycles. The van der Waals surface area contributed by atoms with Gasteiger partial charge in [0.05, 0.1) is 12.2 Å². The molecule has 0 amide bonds. The number of nitrogens with zero attached hydrogens (tertiary/aromatic N) is 2. The van der Waals surface area contributed by atoms with Gasteiger partial charge in [-0.3, -0.25) is 4.79 Å². The number of rotatable bonds is 5. The molecule has 0 aliphatic rings. The van der Waals surface area contributed by atoms with Crippen LogP contribution in [0.2, 0.25) is 0 Å². The number of aromatic nitrogens is 2. The minimum absolute atomic E-state index is 0.0744. The highest BCUT2D eigenvalue weighted by Gasteiger charge is 2.12. The Kier molecular flexibility index (Phi) is 4.90. The molecular weight excluding hydrogens is 291 g/mol. The number of benzene rings is 1. The molecule has 110 valence electrons. The van der Waals surface area contributed by atoms with Crippen LogP contribution in [0, 0.1) is 19.7 Å². The van der Waals surface area contributed by atoms with Crippen LogP contribution in [0.1, 0.15) is 22.8 Å². The van der Waals surface area contributed by atoms with Crippen LogP contribution < -0.4 is 0 Å². The lowest BCUT2D eigenvalue weighted by atomic mass is 10.1. The van der Waals surface area contributed by atoms with Crippen molar-refractivity contribution in [1.82, 2.24) is 9.97 Å². The number of hydrogen-bond acceptors (Lipinski definition) is 4. The quantitative estimate of drug-likeness (QED) is 0.860. The summed E-state index contributed by atoms with van der Waals surface area (Å²) in [5, 5.41) is 8.87. The molecule has 0 aliphatic heterocycles. The van der Waals surface area contributed by atoms with Gasteiger partial charge in [-0.25, -0.2) is 14.4 Å². The standard InChI is InChI=1S/C15H15FN2O2S/c1-9-13(7-15(19)20)10(2)18-14(17-9)8-21-12-5-3-4-11(16)6-12/h3-6H,7-8H2,1-2H3,(H,19,20). The first-order chi connectivity index (χ1) is 9.95. The Labute approximate surface area is 126 Å². The van der Waals surface area contributed by atoms with E-state index >= 15 is 0 Å². The van der Waals surface area contributed by atoms with E-state index in [2.05, 4.69) is 9.97 Å². The van der Waals surface area contributed by atoms with Gasteiger partial charge in [-0.1, -0.05) is 6.07 Å².